The Balaban J connectivity index is 1.54. The molecule has 0 aromatic carbocycles. The summed E-state index contributed by atoms with van der Waals surface area (Å²) in [6, 6.07) is 3.55. The van der Waals surface area contributed by atoms with Crippen LogP contribution in [0.3, 0.4) is 0 Å². The first-order valence-electron chi connectivity index (χ1n) is 8.18. The van der Waals surface area contributed by atoms with E-state index >= 15 is 0 Å². The molecule has 0 spiro atoms. The van der Waals surface area contributed by atoms with Crippen molar-refractivity contribution in [1.29, 1.82) is 0 Å². The van der Waals surface area contributed by atoms with Crippen molar-refractivity contribution in [3.63, 3.8) is 0 Å². The minimum Gasteiger partial charge on any atom is -0.498 e. The number of fused-ring (bicyclic) bond motifs is 1. The standard InChI is InChI=1S/C18H19N3O5S/c1-24-14-6-12-13(7-15(14)25-2)20-16(21-18(12)23)9-27-10-17(22)19-8-11-4-3-5-26-11/h3-7,14H,8-10H2,1-2H3,(H,19,22). The number of furan rings is 1. The number of rotatable bonds is 8. The number of nitrogens with one attached hydrogen (secondary N) is 1. The van der Waals surface area contributed by atoms with Crippen molar-refractivity contribution in [2.24, 2.45) is 9.98 Å². The van der Waals surface area contributed by atoms with Crippen LogP contribution in [0.1, 0.15) is 5.76 Å². The summed E-state index contributed by atoms with van der Waals surface area (Å²) in [5.74, 6) is 1.71. The topological polar surface area (TPSA) is 102 Å². The average molecular weight is 389 g/mol. The van der Waals surface area contributed by atoms with Crippen molar-refractivity contribution in [3.8, 4) is 0 Å². The van der Waals surface area contributed by atoms with Crippen LogP contribution in [0.5, 0.6) is 0 Å². The number of methoxy groups -OCH3 is 2. The molecule has 0 saturated heterocycles. The zero-order chi connectivity index (χ0) is 19.2. The number of thioether (sulfide) groups is 1. The molecule has 142 valence electrons. The molecular formula is C18H19N3O5S. The van der Waals surface area contributed by atoms with E-state index in [1.54, 1.807) is 30.5 Å². The van der Waals surface area contributed by atoms with Crippen LogP contribution in [0.25, 0.3) is 0 Å². The van der Waals surface area contributed by atoms with Gasteiger partial charge in [0.25, 0.3) is 5.91 Å². The summed E-state index contributed by atoms with van der Waals surface area (Å²) in [5, 5.41) is 2.76. The molecule has 1 aromatic heterocycles. The largest absolute Gasteiger partial charge is 0.498 e. The van der Waals surface area contributed by atoms with E-state index in [-0.39, 0.29) is 17.6 Å². The molecule has 3 rings (SSSR count). The second-order valence-corrected chi connectivity index (χ2v) is 6.65. The third kappa shape index (κ3) is 4.75. The fourth-order valence-corrected chi connectivity index (χ4v) is 3.24. The maximum atomic E-state index is 12.3. The number of carbonyl (C=O) groups is 2. The van der Waals surface area contributed by atoms with E-state index in [0.717, 1.165) is 0 Å². The molecule has 0 bridgehead atoms. The zero-order valence-corrected chi connectivity index (χ0v) is 15.7. The van der Waals surface area contributed by atoms with Crippen LogP contribution in [0.4, 0.5) is 0 Å². The fraction of sp³-hybridized carbons (Fsp3) is 0.333. The van der Waals surface area contributed by atoms with Crippen molar-refractivity contribution < 1.29 is 23.5 Å². The second-order valence-electron chi connectivity index (χ2n) is 5.67. The minimum atomic E-state index is -0.433. The molecule has 8 nitrogen and oxygen atoms in total. The van der Waals surface area contributed by atoms with E-state index in [1.165, 1.54) is 26.0 Å². The van der Waals surface area contributed by atoms with Gasteiger partial charge in [0, 0.05) is 13.2 Å². The first-order chi connectivity index (χ1) is 13.1. The molecule has 1 N–H and O–H groups in total. The van der Waals surface area contributed by atoms with Gasteiger partial charge in [-0.15, -0.1) is 11.8 Å². The van der Waals surface area contributed by atoms with Gasteiger partial charge in [0.2, 0.25) is 5.91 Å². The van der Waals surface area contributed by atoms with Gasteiger partial charge in [-0.25, -0.2) is 4.99 Å². The van der Waals surface area contributed by atoms with E-state index < -0.39 is 6.10 Å². The van der Waals surface area contributed by atoms with E-state index in [4.69, 9.17) is 13.9 Å². The van der Waals surface area contributed by atoms with Crippen LogP contribution in [-0.4, -0.2) is 55.2 Å². The summed E-state index contributed by atoms with van der Waals surface area (Å²) >= 11 is 1.33. The summed E-state index contributed by atoms with van der Waals surface area (Å²) in [6.45, 7) is 0.341. The Kier molecular flexibility index (Phi) is 6.25. The van der Waals surface area contributed by atoms with Crippen molar-refractivity contribution in [2.45, 2.75) is 12.6 Å². The summed E-state index contributed by atoms with van der Waals surface area (Å²) < 4.78 is 15.7. The third-order valence-corrected chi connectivity index (χ3v) is 4.79. The van der Waals surface area contributed by atoms with E-state index in [2.05, 4.69) is 15.3 Å². The lowest BCUT2D eigenvalue weighted by molar-refractivity contribution is -0.118. The molecule has 27 heavy (non-hydrogen) atoms. The van der Waals surface area contributed by atoms with Crippen LogP contribution >= 0.6 is 11.8 Å². The van der Waals surface area contributed by atoms with Crippen molar-refractivity contribution in [2.75, 3.05) is 25.7 Å². The number of nitrogens with zero attached hydrogens (tertiary/aromatic N) is 2. The van der Waals surface area contributed by atoms with Gasteiger partial charge in [-0.05, 0) is 18.2 Å². The average Bonchev–Trinajstić information content (AvgIpc) is 3.19. The first-order valence-corrected chi connectivity index (χ1v) is 9.34. The Labute approximate surface area is 160 Å². The van der Waals surface area contributed by atoms with Gasteiger partial charge in [-0.1, -0.05) is 0 Å². The molecule has 2 aliphatic rings. The Morgan fingerprint density at radius 3 is 2.93 bits per heavy atom. The molecule has 0 fully saturated rings. The van der Waals surface area contributed by atoms with Gasteiger partial charge in [-0.3, -0.25) is 9.59 Å². The van der Waals surface area contributed by atoms with E-state index in [0.29, 0.717) is 40.9 Å². The van der Waals surface area contributed by atoms with Crippen molar-refractivity contribution in [3.05, 3.63) is 47.6 Å². The highest BCUT2D eigenvalue weighted by Gasteiger charge is 2.28. The van der Waals surface area contributed by atoms with Crippen LogP contribution in [0, 0.1) is 0 Å². The molecule has 1 aliphatic heterocycles. The summed E-state index contributed by atoms with van der Waals surface area (Å²) in [5.41, 5.74) is 0.894. The van der Waals surface area contributed by atoms with E-state index in [9.17, 15) is 9.59 Å². The van der Waals surface area contributed by atoms with Gasteiger partial charge in [0.1, 0.15) is 23.5 Å². The Hall–Kier alpha value is -2.65. The maximum Gasteiger partial charge on any atom is 0.280 e. The molecule has 2 heterocycles. The number of allylic oxidation sites excluding steroid dienone is 1. The smallest absolute Gasteiger partial charge is 0.280 e. The number of carbonyl (C=O) groups excluding carboxylic acids is 2. The highest BCUT2D eigenvalue weighted by atomic mass is 32.2. The molecule has 1 unspecified atom stereocenters. The lowest BCUT2D eigenvalue weighted by Gasteiger charge is -2.22. The number of ether oxygens (including phenoxy) is 2. The van der Waals surface area contributed by atoms with Crippen LogP contribution in [-0.2, 0) is 25.6 Å². The molecule has 2 amide bonds. The molecular weight excluding hydrogens is 370 g/mol. The van der Waals surface area contributed by atoms with Crippen LogP contribution < -0.4 is 5.32 Å². The zero-order valence-electron chi connectivity index (χ0n) is 14.9. The molecule has 1 atom stereocenters. The molecule has 0 radical (unpaired) electrons. The lowest BCUT2D eigenvalue weighted by Crippen LogP contribution is -2.28. The summed E-state index contributed by atoms with van der Waals surface area (Å²) in [6.07, 6.45) is 4.45. The van der Waals surface area contributed by atoms with E-state index in [1.807, 2.05) is 0 Å². The third-order valence-electron chi connectivity index (χ3n) is 3.86. The number of amides is 2. The quantitative estimate of drug-likeness (QED) is 0.723. The normalized spacial score (nSPS) is 18.7. The predicted molar refractivity (Wildman–Crippen MR) is 102 cm³/mol. The van der Waals surface area contributed by atoms with Crippen molar-refractivity contribution in [1.82, 2.24) is 5.32 Å². The van der Waals surface area contributed by atoms with Gasteiger partial charge < -0.3 is 19.2 Å². The van der Waals surface area contributed by atoms with Gasteiger partial charge in [0.05, 0.1) is 42.7 Å². The number of amidine groups is 1. The monoisotopic (exact) mass is 389 g/mol. The Morgan fingerprint density at radius 1 is 1.37 bits per heavy atom. The Morgan fingerprint density at radius 2 is 2.22 bits per heavy atom. The fourth-order valence-electron chi connectivity index (χ4n) is 2.54. The van der Waals surface area contributed by atoms with Gasteiger partial charge in [-0.2, -0.15) is 4.99 Å². The minimum absolute atomic E-state index is 0.130. The summed E-state index contributed by atoms with van der Waals surface area (Å²) in [4.78, 5) is 32.5. The molecule has 0 saturated carbocycles. The van der Waals surface area contributed by atoms with Gasteiger partial charge in [0.15, 0.2) is 0 Å². The second kappa shape index (κ2) is 8.83. The van der Waals surface area contributed by atoms with Crippen molar-refractivity contribution >= 4 is 35.1 Å². The van der Waals surface area contributed by atoms with Gasteiger partial charge >= 0.3 is 0 Å². The Bertz CT molecular complexity index is 839. The summed E-state index contributed by atoms with van der Waals surface area (Å²) in [7, 11) is 3.07. The number of hydrogen-bond acceptors (Lipinski definition) is 7. The van der Waals surface area contributed by atoms with Crippen LogP contribution in [0.15, 0.2) is 56.3 Å². The number of hydrogen-bond donors (Lipinski definition) is 1. The lowest BCUT2D eigenvalue weighted by atomic mass is 9.99. The molecule has 1 aromatic rings. The molecule has 1 aliphatic carbocycles. The highest BCUT2D eigenvalue weighted by molar-refractivity contribution is 8.00. The maximum absolute atomic E-state index is 12.3. The molecule has 9 heteroatoms. The number of aliphatic imine (C=N–C) groups is 2. The van der Waals surface area contributed by atoms with Crippen LogP contribution in [0.2, 0.25) is 0 Å². The highest BCUT2D eigenvalue weighted by Crippen LogP contribution is 2.23. The SMILES string of the molecule is COC1=CC2=NC(CSCC(=O)NCc3ccco3)=NC(=O)C2=CC1OC. The predicted octanol–water partition coefficient (Wildman–Crippen LogP) is 1.49. The first kappa shape index (κ1) is 19.1.